The number of pyridine rings is 2. The first-order valence-electron chi connectivity index (χ1n) is 17.3. The summed E-state index contributed by atoms with van der Waals surface area (Å²) in [5.41, 5.74) is 3.26. The van der Waals surface area contributed by atoms with Crippen LogP contribution in [-0.4, -0.2) is 62.5 Å². The molecule has 0 spiro atoms. The van der Waals surface area contributed by atoms with Gasteiger partial charge in [0.1, 0.15) is 17.5 Å². The molecule has 0 saturated carbocycles. The topological polar surface area (TPSA) is 120 Å². The zero-order valence-electron chi connectivity index (χ0n) is 30.8. The van der Waals surface area contributed by atoms with Crippen LogP contribution in [0.5, 0.6) is 5.75 Å². The van der Waals surface area contributed by atoms with Crippen molar-refractivity contribution in [2.24, 2.45) is 0 Å². The largest absolute Gasteiger partial charge is 0.488 e. The van der Waals surface area contributed by atoms with E-state index in [0.29, 0.717) is 30.9 Å². The van der Waals surface area contributed by atoms with Gasteiger partial charge in [0, 0.05) is 18.0 Å². The second-order valence-electron chi connectivity index (χ2n) is 15.5. The summed E-state index contributed by atoms with van der Waals surface area (Å²) in [6.07, 6.45) is 5.44. The number of nitrogens with zero attached hydrogens (tertiary/aromatic N) is 3. The molecule has 0 fully saturated rings. The van der Waals surface area contributed by atoms with Crippen LogP contribution >= 0.6 is 0 Å². The molecule has 4 aromatic rings. The van der Waals surface area contributed by atoms with E-state index in [-0.39, 0.29) is 16.0 Å². The molecule has 2 atom stereocenters. The monoisotopic (exact) mass is 730 g/mol. The zero-order valence-corrected chi connectivity index (χ0v) is 32.7. The molecule has 0 aliphatic carbocycles. The number of rotatable bonds is 11. The lowest BCUT2D eigenvalue weighted by Crippen LogP contribution is -2.48. The molecule has 51 heavy (non-hydrogen) atoms. The van der Waals surface area contributed by atoms with E-state index in [1.807, 2.05) is 51.2 Å². The predicted octanol–water partition coefficient (Wildman–Crippen LogP) is 8.64. The van der Waals surface area contributed by atoms with Crippen LogP contribution in [0.2, 0.25) is 18.1 Å². The number of amides is 1. The van der Waals surface area contributed by atoms with Crippen molar-refractivity contribution in [3.63, 3.8) is 0 Å². The number of benzene rings is 2. The van der Waals surface area contributed by atoms with Gasteiger partial charge in [0.25, 0.3) is 10.0 Å². The average Bonchev–Trinajstić information content (AvgIpc) is 3.07. The van der Waals surface area contributed by atoms with Crippen LogP contribution in [0.1, 0.15) is 65.2 Å². The van der Waals surface area contributed by atoms with Crippen LogP contribution in [0.4, 0.5) is 10.5 Å². The first-order valence-corrected chi connectivity index (χ1v) is 21.7. The summed E-state index contributed by atoms with van der Waals surface area (Å²) in [6.45, 7) is 17.2. The fourth-order valence-electron chi connectivity index (χ4n) is 5.48. The smallest absolute Gasteiger partial charge is 0.410 e. The Labute approximate surface area is 303 Å². The number of carbonyl (C=O) groups is 1. The molecule has 2 unspecified atom stereocenters. The van der Waals surface area contributed by atoms with Crippen LogP contribution in [0.25, 0.3) is 11.3 Å². The molecule has 5 rings (SSSR count). The Bertz CT molecular complexity index is 1890. The van der Waals surface area contributed by atoms with Crippen LogP contribution in [0.15, 0.2) is 96.3 Å². The van der Waals surface area contributed by atoms with Gasteiger partial charge in [0.15, 0.2) is 8.32 Å². The number of anilines is 1. The van der Waals surface area contributed by atoms with Gasteiger partial charge in [0.2, 0.25) is 0 Å². The second kappa shape index (κ2) is 15.1. The van der Waals surface area contributed by atoms with Crippen LogP contribution in [0.3, 0.4) is 0 Å². The van der Waals surface area contributed by atoms with Gasteiger partial charge in [-0.2, -0.15) is 0 Å². The van der Waals surface area contributed by atoms with Gasteiger partial charge in [0.05, 0.1) is 41.7 Å². The van der Waals surface area contributed by atoms with Crippen molar-refractivity contribution < 1.29 is 27.1 Å². The predicted molar refractivity (Wildman–Crippen MR) is 203 cm³/mol. The molecular formula is C39H50N4O6SSi. The third-order valence-corrected chi connectivity index (χ3v) is 15.1. The first-order chi connectivity index (χ1) is 23.9. The van der Waals surface area contributed by atoms with Crippen molar-refractivity contribution in [3.8, 4) is 17.0 Å². The summed E-state index contributed by atoms with van der Waals surface area (Å²) < 4.78 is 47.4. The molecule has 0 saturated heterocycles. The van der Waals surface area contributed by atoms with E-state index in [2.05, 4.69) is 54.6 Å². The quantitative estimate of drug-likeness (QED) is 0.152. The lowest BCUT2D eigenvalue weighted by Gasteiger charge is -2.41. The van der Waals surface area contributed by atoms with Crippen molar-refractivity contribution in [2.75, 3.05) is 17.8 Å². The molecule has 1 amide bonds. The molecule has 10 nitrogen and oxygen atoms in total. The molecule has 1 N–H and O–H groups in total. The van der Waals surface area contributed by atoms with E-state index in [1.165, 1.54) is 6.20 Å². The standard InChI is InChI=1S/C39H50N4O6SSi/c1-38(2,3)48-37(44)43(27-36(30-13-12-22-40-24-30)49-51(7,8)39(4,5)6)26-32-19-16-29-23-28(17-21-35(29)47-32)34-20-18-31(25-41-34)42-50(45,46)33-14-10-9-11-15-33/h9-15,17-18,20-25,32,36,42H,16,19,26-27H2,1-8H3. The molecule has 3 heterocycles. The van der Waals surface area contributed by atoms with Gasteiger partial charge in [-0.3, -0.25) is 14.7 Å². The number of hydrogen-bond donors (Lipinski definition) is 1. The highest BCUT2D eigenvalue weighted by molar-refractivity contribution is 7.92. The number of hydrogen-bond acceptors (Lipinski definition) is 8. The van der Waals surface area contributed by atoms with E-state index in [9.17, 15) is 13.2 Å². The van der Waals surface area contributed by atoms with E-state index in [0.717, 1.165) is 28.9 Å². The molecule has 2 aromatic carbocycles. The van der Waals surface area contributed by atoms with E-state index in [4.69, 9.17) is 13.9 Å². The van der Waals surface area contributed by atoms with Gasteiger partial charge >= 0.3 is 6.09 Å². The molecule has 2 aromatic heterocycles. The first kappa shape index (κ1) is 38.0. The third kappa shape index (κ3) is 9.96. The number of ether oxygens (including phenoxy) is 2. The molecule has 0 bridgehead atoms. The van der Waals surface area contributed by atoms with Crippen LogP contribution in [-0.2, 0) is 25.6 Å². The summed E-state index contributed by atoms with van der Waals surface area (Å²) in [5, 5.41) is -0.0310. The van der Waals surface area contributed by atoms with Crippen LogP contribution in [0, 0.1) is 0 Å². The van der Waals surface area contributed by atoms with Crippen molar-refractivity contribution in [3.05, 3.63) is 103 Å². The van der Waals surface area contributed by atoms with Gasteiger partial charge in [-0.15, -0.1) is 0 Å². The lowest BCUT2D eigenvalue weighted by molar-refractivity contribution is 0.00490. The van der Waals surface area contributed by atoms with E-state index >= 15 is 0 Å². The Morgan fingerprint density at radius 2 is 1.75 bits per heavy atom. The minimum absolute atomic E-state index is 0.0310. The highest BCUT2D eigenvalue weighted by Crippen LogP contribution is 2.40. The fraction of sp³-hybridized carbons (Fsp3) is 0.410. The van der Waals surface area contributed by atoms with Crippen molar-refractivity contribution in [1.29, 1.82) is 0 Å². The minimum atomic E-state index is -3.71. The number of carbonyl (C=O) groups excluding carboxylic acids is 1. The van der Waals surface area contributed by atoms with Gasteiger partial charge < -0.3 is 18.8 Å². The number of aryl methyl sites for hydroxylation is 1. The van der Waals surface area contributed by atoms with Crippen molar-refractivity contribution >= 4 is 30.1 Å². The van der Waals surface area contributed by atoms with E-state index in [1.54, 1.807) is 53.6 Å². The Balaban J connectivity index is 1.31. The lowest BCUT2D eigenvalue weighted by atomic mass is 9.98. The summed E-state index contributed by atoms with van der Waals surface area (Å²) >= 11 is 0. The number of sulfonamides is 1. The SMILES string of the molecule is CC(C)(C)OC(=O)N(CC1CCc2cc(-c3ccc(NS(=O)(=O)c4ccccc4)cn3)ccc2O1)CC(O[Si](C)(C)C(C)(C)C)c1cccnc1. The highest BCUT2D eigenvalue weighted by Gasteiger charge is 2.41. The molecule has 1 aliphatic rings. The van der Waals surface area contributed by atoms with Gasteiger partial charge in [-0.1, -0.05) is 45.0 Å². The third-order valence-electron chi connectivity index (χ3n) is 9.22. The molecule has 0 radical (unpaired) electrons. The summed E-state index contributed by atoms with van der Waals surface area (Å²) in [6, 6.07) is 21.5. The Morgan fingerprint density at radius 1 is 1.00 bits per heavy atom. The highest BCUT2D eigenvalue weighted by atomic mass is 32.2. The Kier molecular flexibility index (Phi) is 11.3. The second-order valence-corrected chi connectivity index (χ2v) is 21.9. The normalized spacial score (nSPS) is 15.6. The number of fused-ring (bicyclic) bond motifs is 1. The zero-order chi connectivity index (χ0) is 37.0. The summed E-state index contributed by atoms with van der Waals surface area (Å²) in [4.78, 5) is 24.5. The molecular weight excluding hydrogens is 681 g/mol. The van der Waals surface area contributed by atoms with Crippen molar-refractivity contribution in [1.82, 2.24) is 14.9 Å². The van der Waals surface area contributed by atoms with Gasteiger partial charge in [-0.25, -0.2) is 13.2 Å². The average molecular weight is 731 g/mol. The number of aromatic nitrogens is 2. The maximum atomic E-state index is 13.7. The fourth-order valence-corrected chi connectivity index (χ4v) is 7.82. The van der Waals surface area contributed by atoms with Crippen molar-refractivity contribution in [2.45, 2.75) is 95.2 Å². The van der Waals surface area contributed by atoms with Gasteiger partial charge in [-0.05, 0) is 111 Å². The maximum Gasteiger partial charge on any atom is 0.410 e. The molecule has 12 heteroatoms. The van der Waals surface area contributed by atoms with E-state index < -0.39 is 36.1 Å². The summed E-state index contributed by atoms with van der Waals surface area (Å²) in [7, 11) is -5.95. The summed E-state index contributed by atoms with van der Waals surface area (Å²) in [5.74, 6) is 0.757. The molecule has 1 aliphatic heterocycles. The molecule has 272 valence electrons. The Morgan fingerprint density at radius 3 is 2.37 bits per heavy atom. The Hall–Kier alpha value is -4.26. The van der Waals surface area contributed by atoms with Crippen LogP contribution < -0.4 is 9.46 Å². The minimum Gasteiger partial charge on any atom is -0.488 e. The maximum absolute atomic E-state index is 13.7. The number of nitrogens with one attached hydrogen (secondary N) is 1.